The first-order valence-electron chi connectivity index (χ1n) is 8.09. The predicted molar refractivity (Wildman–Crippen MR) is 102 cm³/mol. The van der Waals surface area contributed by atoms with E-state index >= 15 is 0 Å². The van der Waals surface area contributed by atoms with Crippen molar-refractivity contribution >= 4 is 33.8 Å². The van der Waals surface area contributed by atoms with Crippen LogP contribution in [0.15, 0.2) is 47.8 Å². The van der Waals surface area contributed by atoms with Gasteiger partial charge in [-0.25, -0.2) is 8.91 Å². The van der Waals surface area contributed by atoms with Gasteiger partial charge >= 0.3 is 0 Å². The number of hydrogen-bond acceptors (Lipinski definition) is 6. The van der Waals surface area contributed by atoms with Gasteiger partial charge in [0.2, 0.25) is 4.96 Å². The van der Waals surface area contributed by atoms with E-state index in [4.69, 9.17) is 0 Å². The number of halogens is 1. The van der Waals surface area contributed by atoms with E-state index in [1.165, 1.54) is 41.7 Å². The van der Waals surface area contributed by atoms with Crippen LogP contribution in [-0.2, 0) is 0 Å². The summed E-state index contributed by atoms with van der Waals surface area (Å²) >= 11 is 1.33. The summed E-state index contributed by atoms with van der Waals surface area (Å²) in [5.41, 5.74) is 2.08. The van der Waals surface area contributed by atoms with E-state index in [9.17, 15) is 19.3 Å². The van der Waals surface area contributed by atoms with E-state index in [0.717, 1.165) is 11.3 Å². The molecule has 0 aliphatic carbocycles. The van der Waals surface area contributed by atoms with Gasteiger partial charge in [0.15, 0.2) is 0 Å². The van der Waals surface area contributed by atoms with Crippen LogP contribution >= 0.6 is 11.3 Å². The van der Waals surface area contributed by atoms with Gasteiger partial charge in [-0.1, -0.05) is 0 Å². The van der Waals surface area contributed by atoms with Crippen molar-refractivity contribution in [3.63, 3.8) is 0 Å². The predicted octanol–water partition coefficient (Wildman–Crippen LogP) is 4.07. The second-order valence-corrected chi connectivity index (χ2v) is 6.81. The average Bonchev–Trinajstić information content (AvgIpc) is 3.22. The van der Waals surface area contributed by atoms with Crippen molar-refractivity contribution in [2.45, 2.75) is 6.92 Å². The summed E-state index contributed by atoms with van der Waals surface area (Å²) < 4.78 is 14.7. The van der Waals surface area contributed by atoms with Crippen LogP contribution < -0.4 is 5.32 Å². The van der Waals surface area contributed by atoms with Crippen molar-refractivity contribution in [3.8, 4) is 11.3 Å². The molecule has 0 unspecified atom stereocenters. The molecule has 4 rings (SSSR count). The molecule has 140 valence electrons. The van der Waals surface area contributed by atoms with Crippen molar-refractivity contribution in [1.82, 2.24) is 14.6 Å². The lowest BCUT2D eigenvalue weighted by Crippen LogP contribution is -2.13. The Morgan fingerprint density at radius 2 is 2.00 bits per heavy atom. The van der Waals surface area contributed by atoms with Crippen molar-refractivity contribution < 1.29 is 14.1 Å². The molecular formula is C18H12FN5O3S. The first-order chi connectivity index (χ1) is 13.4. The standard InChI is InChI=1S/C18H12FN5O3S/c1-10-8-12(4-7-14(10)24(26)27)16(25)20-17-21-18-23(22-17)15(9-28-18)11-2-5-13(19)6-3-11/h2-9H,1H3,(H,20,22,25). The Hall–Kier alpha value is -3.66. The van der Waals surface area contributed by atoms with Crippen LogP contribution in [0.1, 0.15) is 15.9 Å². The molecule has 0 saturated heterocycles. The normalized spacial score (nSPS) is 10.9. The molecule has 0 spiro atoms. The van der Waals surface area contributed by atoms with Crippen molar-refractivity contribution in [2.24, 2.45) is 0 Å². The molecule has 0 aliphatic heterocycles. The van der Waals surface area contributed by atoms with Crippen LogP contribution in [0.5, 0.6) is 0 Å². The first kappa shape index (κ1) is 17.7. The lowest BCUT2D eigenvalue weighted by molar-refractivity contribution is -0.385. The van der Waals surface area contributed by atoms with Gasteiger partial charge in [0, 0.05) is 28.1 Å². The van der Waals surface area contributed by atoms with Gasteiger partial charge in [0.25, 0.3) is 17.5 Å². The Bertz CT molecular complexity index is 1220. The molecule has 0 fully saturated rings. The summed E-state index contributed by atoms with van der Waals surface area (Å²) in [6.45, 7) is 1.56. The molecule has 1 N–H and O–H groups in total. The maximum absolute atomic E-state index is 13.1. The Balaban J connectivity index is 1.60. The van der Waals surface area contributed by atoms with Gasteiger partial charge in [-0.2, -0.15) is 4.98 Å². The van der Waals surface area contributed by atoms with E-state index < -0.39 is 10.8 Å². The maximum Gasteiger partial charge on any atom is 0.272 e. The maximum atomic E-state index is 13.1. The van der Waals surface area contributed by atoms with Crippen LogP contribution in [0.3, 0.4) is 0 Å². The van der Waals surface area contributed by atoms with E-state index in [0.29, 0.717) is 10.5 Å². The summed E-state index contributed by atoms with van der Waals surface area (Å²) in [5, 5.41) is 19.6. The number of nitrogens with zero attached hydrogens (tertiary/aromatic N) is 4. The van der Waals surface area contributed by atoms with Crippen LogP contribution in [0.25, 0.3) is 16.2 Å². The largest absolute Gasteiger partial charge is 0.289 e. The van der Waals surface area contributed by atoms with Gasteiger partial charge in [0.1, 0.15) is 5.82 Å². The van der Waals surface area contributed by atoms with Crippen molar-refractivity contribution in [3.05, 3.63) is 74.9 Å². The van der Waals surface area contributed by atoms with Crippen LogP contribution in [0.2, 0.25) is 0 Å². The zero-order valence-corrected chi connectivity index (χ0v) is 15.2. The smallest absolute Gasteiger partial charge is 0.272 e. The highest BCUT2D eigenvalue weighted by Gasteiger charge is 2.17. The number of aromatic nitrogens is 3. The number of aryl methyl sites for hydroxylation is 1. The number of rotatable bonds is 4. The number of benzene rings is 2. The molecular weight excluding hydrogens is 385 g/mol. The summed E-state index contributed by atoms with van der Waals surface area (Å²) in [6, 6.07) is 10.1. The minimum atomic E-state index is -0.501. The van der Waals surface area contributed by atoms with Crippen molar-refractivity contribution in [2.75, 3.05) is 5.32 Å². The Morgan fingerprint density at radius 3 is 2.68 bits per heavy atom. The summed E-state index contributed by atoms with van der Waals surface area (Å²) in [4.78, 5) is 27.7. The first-order valence-corrected chi connectivity index (χ1v) is 8.97. The number of carbonyl (C=O) groups excluding carboxylic acids is 1. The molecule has 0 radical (unpaired) electrons. The molecule has 1 amide bonds. The Labute approximate surface area is 161 Å². The fraction of sp³-hybridized carbons (Fsp3) is 0.0556. The van der Waals surface area contributed by atoms with E-state index in [1.54, 1.807) is 23.6 Å². The van der Waals surface area contributed by atoms with Crippen LogP contribution in [0, 0.1) is 22.9 Å². The SMILES string of the molecule is Cc1cc(C(=O)Nc2nc3scc(-c4ccc(F)cc4)n3n2)ccc1[N+](=O)[O-]. The number of nitrogens with one attached hydrogen (secondary N) is 1. The third-order valence-corrected chi connectivity index (χ3v) is 4.92. The molecule has 2 aromatic heterocycles. The molecule has 2 aromatic carbocycles. The van der Waals surface area contributed by atoms with Crippen LogP contribution in [-0.4, -0.2) is 25.4 Å². The highest BCUT2D eigenvalue weighted by atomic mass is 32.1. The topological polar surface area (TPSA) is 102 Å². The average molecular weight is 397 g/mol. The van der Waals surface area contributed by atoms with Gasteiger partial charge in [-0.05, 0) is 43.3 Å². The zero-order valence-electron chi connectivity index (χ0n) is 14.4. The summed E-state index contributed by atoms with van der Waals surface area (Å²) in [6.07, 6.45) is 0. The highest BCUT2D eigenvalue weighted by molar-refractivity contribution is 7.15. The molecule has 0 atom stereocenters. The number of carbonyl (C=O) groups is 1. The number of anilines is 1. The Morgan fingerprint density at radius 1 is 1.25 bits per heavy atom. The third-order valence-electron chi connectivity index (χ3n) is 4.10. The van der Waals surface area contributed by atoms with Gasteiger partial charge < -0.3 is 0 Å². The van der Waals surface area contributed by atoms with E-state index in [2.05, 4.69) is 15.4 Å². The number of hydrogen-bond donors (Lipinski definition) is 1. The number of fused-ring (bicyclic) bond motifs is 1. The molecule has 10 heteroatoms. The monoisotopic (exact) mass is 397 g/mol. The minimum absolute atomic E-state index is 0.0545. The number of thiazole rings is 1. The lowest BCUT2D eigenvalue weighted by Gasteiger charge is -2.03. The zero-order chi connectivity index (χ0) is 19.8. The quantitative estimate of drug-likeness (QED) is 0.413. The molecule has 0 bridgehead atoms. The fourth-order valence-corrected chi connectivity index (χ4v) is 3.56. The molecule has 2 heterocycles. The number of nitro groups is 1. The van der Waals surface area contributed by atoms with Crippen LogP contribution in [0.4, 0.5) is 16.0 Å². The molecule has 0 aliphatic rings. The number of amides is 1. The highest BCUT2D eigenvalue weighted by Crippen LogP contribution is 2.26. The molecule has 0 saturated carbocycles. The Kier molecular flexibility index (Phi) is 4.32. The summed E-state index contributed by atoms with van der Waals surface area (Å²) in [7, 11) is 0. The minimum Gasteiger partial charge on any atom is -0.289 e. The second kappa shape index (κ2) is 6.82. The fourth-order valence-electron chi connectivity index (χ4n) is 2.73. The summed E-state index contributed by atoms with van der Waals surface area (Å²) in [5.74, 6) is -0.698. The third kappa shape index (κ3) is 3.21. The van der Waals surface area contributed by atoms with Crippen molar-refractivity contribution in [1.29, 1.82) is 0 Å². The van der Waals surface area contributed by atoms with E-state index in [-0.39, 0.29) is 23.0 Å². The number of nitro benzene ring substituents is 1. The second-order valence-electron chi connectivity index (χ2n) is 5.97. The molecule has 8 nitrogen and oxygen atoms in total. The molecule has 4 aromatic rings. The van der Waals surface area contributed by atoms with Gasteiger partial charge in [-0.3, -0.25) is 20.2 Å². The van der Waals surface area contributed by atoms with E-state index in [1.807, 2.05) is 5.38 Å². The van der Waals surface area contributed by atoms with Gasteiger partial charge in [0.05, 0.1) is 10.6 Å². The van der Waals surface area contributed by atoms with Gasteiger partial charge in [-0.15, -0.1) is 16.4 Å². The molecule has 28 heavy (non-hydrogen) atoms. The lowest BCUT2D eigenvalue weighted by atomic mass is 10.1.